The first-order valence-corrected chi connectivity index (χ1v) is 19.5. The van der Waals surface area contributed by atoms with Crippen LogP contribution in [0, 0.1) is 5.92 Å². The molecule has 5 heteroatoms. The Morgan fingerprint density at radius 3 is 1.16 bits per heavy atom. The molecule has 2 N–H and O–H groups in total. The van der Waals surface area contributed by atoms with Crippen molar-refractivity contribution in [1.29, 1.82) is 0 Å². The summed E-state index contributed by atoms with van der Waals surface area (Å²) in [4.78, 5) is 28.8. The van der Waals surface area contributed by atoms with Crippen LogP contribution >= 0.6 is 0 Å². The van der Waals surface area contributed by atoms with Crippen LogP contribution in [0.3, 0.4) is 0 Å². The molecule has 0 radical (unpaired) electrons. The van der Waals surface area contributed by atoms with Gasteiger partial charge in [0.05, 0.1) is 18.6 Å². The molecule has 5 nitrogen and oxygen atoms in total. The molecule has 0 fully saturated rings. The molecular weight excluding hydrogens is 544 g/mol. The predicted molar refractivity (Wildman–Crippen MR) is 192 cm³/mol. The van der Waals surface area contributed by atoms with E-state index in [0.717, 1.165) is 25.7 Å². The molecule has 0 spiro atoms. The fourth-order valence-corrected chi connectivity index (χ4v) is 6.46. The van der Waals surface area contributed by atoms with Crippen LogP contribution in [-0.4, -0.2) is 61.4 Å². The van der Waals surface area contributed by atoms with Crippen LogP contribution in [0.4, 0.5) is 0 Å². The predicted octanol–water partition coefficient (Wildman–Crippen LogP) is 10.2. The number of rotatable bonds is 36. The fourth-order valence-electron chi connectivity index (χ4n) is 6.46. The van der Waals surface area contributed by atoms with Gasteiger partial charge < -0.3 is 15.3 Å². The van der Waals surface area contributed by atoms with Gasteiger partial charge in [-0.05, 0) is 26.9 Å². The number of unbranched alkanes of at least 4 members (excludes halogenated alkanes) is 24. The van der Waals surface area contributed by atoms with Crippen LogP contribution in [0.5, 0.6) is 0 Å². The summed E-state index contributed by atoms with van der Waals surface area (Å²) in [7, 11) is 3.96. The Hall–Kier alpha value is -0.780. The van der Waals surface area contributed by atoms with E-state index in [1.807, 2.05) is 19.0 Å². The molecule has 0 aromatic carbocycles. The summed E-state index contributed by atoms with van der Waals surface area (Å²) in [6.45, 7) is 5.45. The maximum atomic E-state index is 13.4. The van der Waals surface area contributed by atoms with Gasteiger partial charge in [-0.3, -0.25) is 9.59 Å². The lowest BCUT2D eigenvalue weighted by Crippen LogP contribution is -2.50. The highest BCUT2D eigenvalue weighted by Crippen LogP contribution is 2.19. The van der Waals surface area contributed by atoms with Gasteiger partial charge >= 0.3 is 0 Å². The van der Waals surface area contributed by atoms with E-state index in [1.165, 1.54) is 141 Å². The van der Waals surface area contributed by atoms with Crippen molar-refractivity contribution in [2.24, 2.45) is 5.92 Å². The second kappa shape index (κ2) is 33.6. The van der Waals surface area contributed by atoms with E-state index in [-0.39, 0.29) is 24.1 Å². The molecule has 0 aliphatic heterocycles. The Morgan fingerprint density at radius 2 is 0.841 bits per heavy atom. The van der Waals surface area contributed by atoms with Gasteiger partial charge in [-0.25, -0.2) is 0 Å². The van der Waals surface area contributed by atoms with Crippen molar-refractivity contribution in [1.82, 2.24) is 10.2 Å². The SMILES string of the molecule is CCCCCCCCCCCCCCCC(=O)C(CN(C)C)C(NCCO)C(=O)CCCCCCCCCCCCCCC. The highest BCUT2D eigenvalue weighted by Gasteiger charge is 2.32. The lowest BCUT2D eigenvalue weighted by molar-refractivity contribution is -0.131. The van der Waals surface area contributed by atoms with E-state index < -0.39 is 6.04 Å². The van der Waals surface area contributed by atoms with Crippen LogP contribution in [0.25, 0.3) is 0 Å². The number of aliphatic hydroxyl groups is 1. The normalized spacial score (nSPS) is 13.0. The first kappa shape index (κ1) is 43.2. The van der Waals surface area contributed by atoms with Crippen molar-refractivity contribution in [3.63, 3.8) is 0 Å². The molecule has 262 valence electrons. The number of ketones is 2. The lowest BCUT2D eigenvalue weighted by Gasteiger charge is -2.28. The van der Waals surface area contributed by atoms with E-state index in [9.17, 15) is 14.7 Å². The number of nitrogens with one attached hydrogen (secondary N) is 1. The molecular formula is C39H78N2O3. The van der Waals surface area contributed by atoms with Crippen molar-refractivity contribution in [2.75, 3.05) is 33.8 Å². The van der Waals surface area contributed by atoms with Gasteiger partial charge in [-0.2, -0.15) is 0 Å². The molecule has 44 heavy (non-hydrogen) atoms. The third-order valence-electron chi connectivity index (χ3n) is 9.25. The zero-order chi connectivity index (χ0) is 32.5. The Morgan fingerprint density at radius 1 is 0.523 bits per heavy atom. The molecule has 0 saturated heterocycles. The maximum Gasteiger partial charge on any atom is 0.150 e. The fraction of sp³-hybridized carbons (Fsp3) is 0.949. The topological polar surface area (TPSA) is 69.6 Å². The highest BCUT2D eigenvalue weighted by atomic mass is 16.3. The molecule has 0 aliphatic carbocycles. The van der Waals surface area contributed by atoms with Gasteiger partial charge in [-0.15, -0.1) is 0 Å². The molecule has 0 rings (SSSR count). The molecule has 2 atom stereocenters. The summed E-state index contributed by atoms with van der Waals surface area (Å²) < 4.78 is 0. The monoisotopic (exact) mass is 623 g/mol. The molecule has 0 amide bonds. The van der Waals surface area contributed by atoms with Gasteiger partial charge in [-0.1, -0.05) is 168 Å². The van der Waals surface area contributed by atoms with Crippen molar-refractivity contribution in [3.8, 4) is 0 Å². The minimum Gasteiger partial charge on any atom is -0.395 e. The van der Waals surface area contributed by atoms with Gasteiger partial charge in [0, 0.05) is 25.9 Å². The Kier molecular flexibility index (Phi) is 33.0. The average Bonchev–Trinajstić information content (AvgIpc) is 3.01. The second-order valence-electron chi connectivity index (χ2n) is 13.9. The zero-order valence-corrected chi connectivity index (χ0v) is 30.3. The zero-order valence-electron chi connectivity index (χ0n) is 30.3. The summed E-state index contributed by atoms with van der Waals surface area (Å²) in [5.74, 6) is 0.00589. The third-order valence-corrected chi connectivity index (χ3v) is 9.25. The van der Waals surface area contributed by atoms with Crippen molar-refractivity contribution in [2.45, 2.75) is 200 Å². The molecule has 0 aliphatic rings. The quantitative estimate of drug-likeness (QED) is 0.0681. The van der Waals surface area contributed by atoms with E-state index >= 15 is 0 Å². The Labute approximate surface area is 275 Å². The van der Waals surface area contributed by atoms with Gasteiger partial charge in [0.1, 0.15) is 5.78 Å². The van der Waals surface area contributed by atoms with E-state index in [2.05, 4.69) is 19.2 Å². The molecule has 0 bridgehead atoms. The molecule has 0 aromatic heterocycles. The van der Waals surface area contributed by atoms with Crippen molar-refractivity contribution < 1.29 is 14.7 Å². The van der Waals surface area contributed by atoms with Gasteiger partial charge in [0.15, 0.2) is 5.78 Å². The Balaban J connectivity index is 4.31. The first-order chi connectivity index (χ1) is 21.5. The van der Waals surface area contributed by atoms with Crippen molar-refractivity contribution in [3.05, 3.63) is 0 Å². The summed E-state index contributed by atoms with van der Waals surface area (Å²) in [6, 6.07) is -0.489. The van der Waals surface area contributed by atoms with E-state index in [4.69, 9.17) is 0 Å². The number of carbonyl (C=O) groups excluding carboxylic acids is 2. The number of hydrogen-bond donors (Lipinski definition) is 2. The van der Waals surface area contributed by atoms with Crippen molar-refractivity contribution >= 4 is 11.6 Å². The summed E-state index contributed by atoms with van der Waals surface area (Å²) in [5.41, 5.74) is 0. The molecule has 0 saturated carbocycles. The Bertz CT molecular complexity index is 624. The number of aliphatic hydroxyl groups excluding tert-OH is 1. The summed E-state index contributed by atoms with van der Waals surface area (Å²) in [6.07, 6.45) is 34.6. The number of hydrogen-bond acceptors (Lipinski definition) is 5. The smallest absolute Gasteiger partial charge is 0.150 e. The molecule has 2 unspecified atom stereocenters. The average molecular weight is 623 g/mol. The molecule has 0 aromatic rings. The highest BCUT2D eigenvalue weighted by molar-refractivity contribution is 5.92. The van der Waals surface area contributed by atoms with E-state index in [1.54, 1.807) is 0 Å². The largest absolute Gasteiger partial charge is 0.395 e. The number of Topliss-reactive ketones (excluding diaryl/α,β-unsaturated/α-hetero) is 2. The van der Waals surface area contributed by atoms with Gasteiger partial charge in [0.25, 0.3) is 0 Å². The van der Waals surface area contributed by atoms with Crippen LogP contribution in [0.15, 0.2) is 0 Å². The van der Waals surface area contributed by atoms with Gasteiger partial charge in [0.2, 0.25) is 0 Å². The lowest BCUT2D eigenvalue weighted by atomic mass is 9.87. The third kappa shape index (κ3) is 27.5. The minimum atomic E-state index is -0.489. The number of nitrogens with zero attached hydrogens (tertiary/aromatic N) is 1. The standard InChI is InChI=1S/C39H78N2O3/c1-5-7-9-11-13-15-17-19-21-23-25-27-29-31-37(43)36(35-41(3)4)39(40-33-34-42)38(44)32-30-28-26-24-22-20-18-16-14-12-10-8-6-2/h36,39-40,42H,5-35H2,1-4H3. The summed E-state index contributed by atoms with van der Waals surface area (Å²) in [5, 5.41) is 12.7. The maximum absolute atomic E-state index is 13.4. The minimum absolute atomic E-state index is 0.0236. The number of carbonyl (C=O) groups is 2. The first-order valence-electron chi connectivity index (χ1n) is 19.5. The van der Waals surface area contributed by atoms with E-state index in [0.29, 0.717) is 25.9 Å². The van der Waals surface area contributed by atoms with Crippen LogP contribution in [-0.2, 0) is 9.59 Å². The van der Waals surface area contributed by atoms with Crippen LogP contribution < -0.4 is 5.32 Å². The molecule has 0 heterocycles. The summed E-state index contributed by atoms with van der Waals surface area (Å²) >= 11 is 0. The van der Waals surface area contributed by atoms with Crippen LogP contribution in [0.2, 0.25) is 0 Å². The van der Waals surface area contributed by atoms with Crippen LogP contribution in [0.1, 0.15) is 194 Å². The second-order valence-corrected chi connectivity index (χ2v) is 13.9.